The number of aromatic nitrogens is 4. The van der Waals surface area contributed by atoms with Gasteiger partial charge in [0.15, 0.2) is 5.78 Å². The molecule has 0 saturated carbocycles. The van der Waals surface area contributed by atoms with Crippen molar-refractivity contribution >= 4 is 28.6 Å². The van der Waals surface area contributed by atoms with Gasteiger partial charge in [-0.1, -0.05) is 0 Å². The van der Waals surface area contributed by atoms with Crippen molar-refractivity contribution in [3.05, 3.63) is 82.8 Å². The quantitative estimate of drug-likeness (QED) is 0.455. The smallest absolute Gasteiger partial charge is 0.187 e. The molecule has 4 rings (SSSR count). The molecule has 0 bridgehead atoms. The summed E-state index contributed by atoms with van der Waals surface area (Å²) in [6.07, 6.45) is 6.73. The van der Waals surface area contributed by atoms with Gasteiger partial charge in [-0.15, -0.1) is 0 Å². The number of carbonyl (C=O) groups excluding carboxylic acids is 1. The zero-order valence-electron chi connectivity index (χ0n) is 15.4. The van der Waals surface area contributed by atoms with Crippen LogP contribution in [0.2, 0.25) is 0 Å². The lowest BCUT2D eigenvalue weighted by Crippen LogP contribution is -2.09. The number of rotatable bonds is 7. The molecule has 0 spiro atoms. The van der Waals surface area contributed by atoms with Gasteiger partial charge in [-0.05, 0) is 41.3 Å². The lowest BCUT2D eigenvalue weighted by atomic mass is 10.1. The molecule has 8 heteroatoms. The highest BCUT2D eigenvalue weighted by atomic mass is 32.1. The molecular formula is C21H18N6OS. The molecule has 0 fully saturated rings. The predicted molar refractivity (Wildman–Crippen MR) is 114 cm³/mol. The van der Waals surface area contributed by atoms with Gasteiger partial charge in [0.1, 0.15) is 11.5 Å². The maximum absolute atomic E-state index is 12.6. The molecule has 0 saturated heterocycles. The van der Waals surface area contributed by atoms with Crippen molar-refractivity contribution in [2.24, 2.45) is 0 Å². The molecule has 3 N–H and O–H groups in total. The Labute approximate surface area is 171 Å². The number of nitrogen functional groups attached to an aromatic ring is 1. The zero-order chi connectivity index (χ0) is 20.1. The largest absolute Gasteiger partial charge is 0.382 e. The normalized spacial score (nSPS) is 10.6. The van der Waals surface area contributed by atoms with Crippen molar-refractivity contribution in [1.29, 1.82) is 0 Å². The maximum atomic E-state index is 12.6. The van der Waals surface area contributed by atoms with E-state index in [9.17, 15) is 4.79 Å². The van der Waals surface area contributed by atoms with E-state index in [-0.39, 0.29) is 12.2 Å². The summed E-state index contributed by atoms with van der Waals surface area (Å²) < 4.78 is 0. The molecule has 0 radical (unpaired) electrons. The van der Waals surface area contributed by atoms with Crippen molar-refractivity contribution in [1.82, 2.24) is 19.9 Å². The Balaban J connectivity index is 1.41. The highest BCUT2D eigenvalue weighted by Crippen LogP contribution is 2.19. The molecule has 0 atom stereocenters. The third-order valence-corrected chi connectivity index (χ3v) is 4.98. The van der Waals surface area contributed by atoms with E-state index in [1.165, 1.54) is 6.20 Å². The molecule has 0 aliphatic rings. The van der Waals surface area contributed by atoms with Crippen LogP contribution in [-0.2, 0) is 13.0 Å². The Bertz CT molecular complexity index is 1110. The van der Waals surface area contributed by atoms with E-state index in [0.29, 0.717) is 18.1 Å². The van der Waals surface area contributed by atoms with Gasteiger partial charge in [0.25, 0.3) is 0 Å². The summed E-state index contributed by atoms with van der Waals surface area (Å²) >= 11 is 1.60. The molecule has 144 valence electrons. The van der Waals surface area contributed by atoms with Crippen LogP contribution in [0.4, 0.5) is 11.5 Å². The van der Waals surface area contributed by atoms with Crippen LogP contribution < -0.4 is 11.1 Å². The summed E-state index contributed by atoms with van der Waals surface area (Å²) in [5, 5.41) is 7.18. The predicted octanol–water partition coefficient (Wildman–Crippen LogP) is 3.61. The van der Waals surface area contributed by atoms with E-state index in [1.54, 1.807) is 29.9 Å². The third kappa shape index (κ3) is 4.61. The van der Waals surface area contributed by atoms with Crippen LogP contribution in [0.25, 0.3) is 11.3 Å². The third-order valence-electron chi connectivity index (χ3n) is 4.30. The minimum Gasteiger partial charge on any atom is -0.382 e. The highest BCUT2D eigenvalue weighted by molar-refractivity contribution is 7.08. The minimum atomic E-state index is -0.0871. The summed E-state index contributed by atoms with van der Waals surface area (Å²) in [4.78, 5) is 29.6. The molecule has 0 aliphatic heterocycles. The number of nitrogens with one attached hydrogen (secondary N) is 1. The molecule has 4 aromatic heterocycles. The Hall–Kier alpha value is -3.65. The van der Waals surface area contributed by atoms with E-state index in [2.05, 4.69) is 25.3 Å². The molecule has 4 heterocycles. The average Bonchev–Trinajstić information content (AvgIpc) is 3.28. The van der Waals surface area contributed by atoms with Crippen molar-refractivity contribution in [3.63, 3.8) is 0 Å². The van der Waals surface area contributed by atoms with Crippen molar-refractivity contribution in [2.75, 3.05) is 11.1 Å². The van der Waals surface area contributed by atoms with Gasteiger partial charge < -0.3 is 11.1 Å². The first kappa shape index (κ1) is 18.7. The van der Waals surface area contributed by atoms with Gasteiger partial charge in [0.05, 0.1) is 36.0 Å². The summed E-state index contributed by atoms with van der Waals surface area (Å²) in [5.74, 6) is 0.347. The number of pyridine rings is 2. The number of Topliss-reactive ketones (excluding diaryl/α,β-unsaturated/α-hetero) is 1. The first-order valence-corrected chi connectivity index (χ1v) is 9.89. The lowest BCUT2D eigenvalue weighted by molar-refractivity contribution is 0.0988. The van der Waals surface area contributed by atoms with Crippen LogP contribution in [0.1, 0.15) is 21.7 Å². The lowest BCUT2D eigenvalue weighted by Gasteiger charge is -2.09. The topological polar surface area (TPSA) is 107 Å². The van der Waals surface area contributed by atoms with E-state index >= 15 is 0 Å². The summed E-state index contributed by atoms with van der Waals surface area (Å²) in [7, 11) is 0. The molecule has 0 unspecified atom stereocenters. The Morgan fingerprint density at radius 2 is 2.00 bits per heavy atom. The number of hydrogen-bond donors (Lipinski definition) is 2. The van der Waals surface area contributed by atoms with Gasteiger partial charge in [-0.25, -0.2) is 9.97 Å². The average molecular weight is 402 g/mol. The second-order valence-electron chi connectivity index (χ2n) is 6.34. The van der Waals surface area contributed by atoms with Gasteiger partial charge in [-0.3, -0.25) is 14.8 Å². The first-order chi connectivity index (χ1) is 14.2. The molecule has 29 heavy (non-hydrogen) atoms. The van der Waals surface area contributed by atoms with Crippen LogP contribution in [0.5, 0.6) is 0 Å². The number of nitrogens with two attached hydrogens (primary N) is 1. The molecule has 0 amide bonds. The van der Waals surface area contributed by atoms with E-state index in [0.717, 1.165) is 28.2 Å². The number of ketones is 1. The molecule has 0 aromatic carbocycles. The van der Waals surface area contributed by atoms with Crippen LogP contribution >= 0.6 is 11.3 Å². The second-order valence-corrected chi connectivity index (χ2v) is 7.12. The van der Waals surface area contributed by atoms with Crippen molar-refractivity contribution in [2.45, 2.75) is 13.0 Å². The molecular weight excluding hydrogens is 384 g/mol. The number of carbonyl (C=O) groups is 1. The second kappa shape index (κ2) is 8.57. The highest BCUT2D eigenvalue weighted by Gasteiger charge is 2.11. The molecule has 7 nitrogen and oxygen atoms in total. The Kier molecular flexibility index (Phi) is 5.53. The summed E-state index contributed by atoms with van der Waals surface area (Å²) in [6.45, 7) is 0.479. The van der Waals surface area contributed by atoms with Gasteiger partial charge in [0.2, 0.25) is 0 Å². The van der Waals surface area contributed by atoms with Crippen molar-refractivity contribution < 1.29 is 4.79 Å². The van der Waals surface area contributed by atoms with Gasteiger partial charge in [0, 0.05) is 29.8 Å². The maximum Gasteiger partial charge on any atom is 0.187 e. The SMILES string of the molecule is Nc1ncccc1NCc1cc(CC(=O)c2cnc(-c3ccsc3)cn2)ccn1. The number of thiophene rings is 1. The summed E-state index contributed by atoms with van der Waals surface area (Å²) in [6, 6.07) is 9.36. The number of anilines is 2. The Morgan fingerprint density at radius 1 is 1.07 bits per heavy atom. The van der Waals surface area contributed by atoms with Gasteiger partial charge >= 0.3 is 0 Å². The van der Waals surface area contributed by atoms with E-state index in [1.807, 2.05) is 41.1 Å². The van der Waals surface area contributed by atoms with Crippen LogP contribution in [-0.4, -0.2) is 25.7 Å². The fourth-order valence-electron chi connectivity index (χ4n) is 2.79. The van der Waals surface area contributed by atoms with Crippen LogP contribution in [0, 0.1) is 0 Å². The fraction of sp³-hybridized carbons (Fsp3) is 0.0952. The minimum absolute atomic E-state index is 0.0871. The van der Waals surface area contributed by atoms with Crippen LogP contribution in [0.15, 0.2) is 65.9 Å². The van der Waals surface area contributed by atoms with E-state index in [4.69, 9.17) is 5.73 Å². The number of nitrogens with zero attached hydrogens (tertiary/aromatic N) is 4. The molecule has 0 aliphatic carbocycles. The van der Waals surface area contributed by atoms with E-state index < -0.39 is 0 Å². The van der Waals surface area contributed by atoms with Crippen molar-refractivity contribution in [3.8, 4) is 11.3 Å². The van der Waals surface area contributed by atoms with Crippen LogP contribution in [0.3, 0.4) is 0 Å². The molecule has 4 aromatic rings. The van der Waals surface area contributed by atoms with Gasteiger partial charge in [-0.2, -0.15) is 11.3 Å². The monoisotopic (exact) mass is 402 g/mol. The fourth-order valence-corrected chi connectivity index (χ4v) is 3.44. The summed E-state index contributed by atoms with van der Waals surface area (Å²) in [5.41, 5.74) is 10.4. The first-order valence-electron chi connectivity index (χ1n) is 8.95. The zero-order valence-corrected chi connectivity index (χ0v) is 16.3. The number of hydrogen-bond acceptors (Lipinski definition) is 8. The Morgan fingerprint density at radius 3 is 2.76 bits per heavy atom. The standard InChI is InChI=1S/C21H18N6OS/c22-21-17(2-1-5-24-21)25-10-16-8-14(3-6-23-16)9-20(28)19-12-26-18(11-27-19)15-4-7-29-13-15/h1-8,11-13,25H,9-10H2,(H2,22,24).